The molecule has 1 saturated heterocycles. The van der Waals surface area contributed by atoms with Crippen LogP contribution in [0.4, 0.5) is 0 Å². The van der Waals surface area contributed by atoms with Crippen molar-refractivity contribution in [1.82, 2.24) is 10.2 Å². The number of phenols is 1. The molecule has 5 heteroatoms. The van der Waals surface area contributed by atoms with Crippen LogP contribution in [-0.2, 0) is 10.8 Å². The van der Waals surface area contributed by atoms with Gasteiger partial charge in [-0.3, -0.25) is 4.90 Å². The van der Waals surface area contributed by atoms with Gasteiger partial charge in [-0.2, -0.15) is 0 Å². The zero-order valence-corrected chi connectivity index (χ0v) is 18.7. The molecule has 0 bridgehead atoms. The fourth-order valence-corrected chi connectivity index (χ4v) is 3.32. The smallest absolute Gasteiger partial charge is 0.124 e. The average molecular weight is 403 g/mol. The number of nitrogens with one attached hydrogen (secondary N) is 1. The predicted octanol–water partition coefficient (Wildman–Crippen LogP) is 4.96. The zero-order valence-electron chi connectivity index (χ0n) is 17.1. The number of hydrogen-bond acceptors (Lipinski definition) is 3. The van der Waals surface area contributed by atoms with Crippen LogP contribution in [0.2, 0.25) is 0 Å². The molecule has 1 aromatic rings. The van der Waals surface area contributed by atoms with Crippen molar-refractivity contribution >= 4 is 24.8 Å². The summed E-state index contributed by atoms with van der Waals surface area (Å²) in [5.74, 6) is 0.430. The first kappa shape index (κ1) is 25.3. The summed E-state index contributed by atoms with van der Waals surface area (Å²) in [6.45, 7) is 21.1. The van der Waals surface area contributed by atoms with Gasteiger partial charge in [-0.05, 0) is 28.0 Å². The molecule has 0 spiro atoms. The van der Waals surface area contributed by atoms with Gasteiger partial charge in [-0.15, -0.1) is 31.4 Å². The van der Waals surface area contributed by atoms with Crippen LogP contribution in [0.1, 0.15) is 64.3 Å². The van der Waals surface area contributed by atoms with Crippen molar-refractivity contribution < 1.29 is 5.11 Å². The molecule has 150 valence electrons. The van der Waals surface area contributed by atoms with E-state index in [1.54, 1.807) is 0 Å². The maximum atomic E-state index is 11.1. The van der Waals surface area contributed by atoms with Crippen LogP contribution in [0.25, 0.3) is 0 Å². The van der Waals surface area contributed by atoms with Gasteiger partial charge in [0.05, 0.1) is 6.04 Å². The van der Waals surface area contributed by atoms with Crippen molar-refractivity contribution in [3.63, 3.8) is 0 Å². The Morgan fingerprint density at radius 2 is 1.58 bits per heavy atom. The van der Waals surface area contributed by atoms with Crippen LogP contribution in [0.5, 0.6) is 5.75 Å². The Hall–Kier alpha value is -0.740. The van der Waals surface area contributed by atoms with Gasteiger partial charge in [0, 0.05) is 31.7 Å². The molecule has 0 amide bonds. The molecule has 0 radical (unpaired) electrons. The number of nitrogens with zero attached hydrogens (tertiary/aromatic N) is 1. The Bertz CT molecular complexity index is 597. The minimum Gasteiger partial charge on any atom is -0.507 e. The number of halogens is 2. The van der Waals surface area contributed by atoms with E-state index in [9.17, 15) is 5.11 Å². The zero-order chi connectivity index (χ0) is 18.1. The van der Waals surface area contributed by atoms with E-state index < -0.39 is 0 Å². The Morgan fingerprint density at radius 1 is 1.04 bits per heavy atom. The summed E-state index contributed by atoms with van der Waals surface area (Å²) in [4.78, 5) is 2.40. The van der Waals surface area contributed by atoms with Gasteiger partial charge in [0.15, 0.2) is 0 Å². The molecule has 1 aliphatic rings. The predicted molar refractivity (Wildman–Crippen MR) is 117 cm³/mol. The summed E-state index contributed by atoms with van der Waals surface area (Å²) in [6.07, 6.45) is 1.97. The van der Waals surface area contributed by atoms with Crippen LogP contribution in [0.3, 0.4) is 0 Å². The summed E-state index contributed by atoms with van der Waals surface area (Å²) in [7, 11) is 0. The first-order valence-corrected chi connectivity index (χ1v) is 9.01. The molecule has 1 atom stereocenters. The van der Waals surface area contributed by atoms with E-state index in [1.807, 2.05) is 6.08 Å². The number of hydrogen-bond donors (Lipinski definition) is 2. The largest absolute Gasteiger partial charge is 0.507 e. The molecular formula is C21H36Cl2N2O. The van der Waals surface area contributed by atoms with Gasteiger partial charge in [0.25, 0.3) is 0 Å². The van der Waals surface area contributed by atoms with E-state index in [0.717, 1.165) is 37.3 Å². The molecule has 1 aromatic carbocycles. The van der Waals surface area contributed by atoms with Crippen molar-refractivity contribution in [3.8, 4) is 5.75 Å². The average Bonchev–Trinajstić information content (AvgIpc) is 2.48. The minimum atomic E-state index is -0.102. The van der Waals surface area contributed by atoms with Crippen molar-refractivity contribution in [2.75, 3.05) is 26.2 Å². The lowest BCUT2D eigenvalue weighted by molar-refractivity contribution is 0.200. The van der Waals surface area contributed by atoms with Gasteiger partial charge in [0.1, 0.15) is 5.75 Å². The minimum absolute atomic E-state index is 0. The third kappa shape index (κ3) is 5.63. The molecule has 0 aromatic heterocycles. The van der Waals surface area contributed by atoms with E-state index in [4.69, 9.17) is 0 Å². The van der Waals surface area contributed by atoms with Crippen LogP contribution >= 0.6 is 24.8 Å². The summed E-state index contributed by atoms with van der Waals surface area (Å²) in [5.41, 5.74) is 3.21. The quantitative estimate of drug-likeness (QED) is 0.700. The standard InChI is InChI=1S/C21H34N2O.2ClH/c1-8-18(23-11-9-22-10-12-23)16-13-15(20(2,3)4)14-17(19(16)24)21(5,6)7;;/h8,13-14,18,22,24H,1,9-12H2,2-7H3;2*1H/t18-;;/m1../s1. The first-order chi connectivity index (χ1) is 11.1. The number of phenolic OH excluding ortho intramolecular Hbond substituents is 1. The van der Waals surface area contributed by atoms with E-state index >= 15 is 0 Å². The van der Waals surface area contributed by atoms with E-state index in [-0.39, 0.29) is 41.7 Å². The van der Waals surface area contributed by atoms with Gasteiger partial charge in [-0.25, -0.2) is 0 Å². The highest BCUT2D eigenvalue weighted by Gasteiger charge is 2.29. The van der Waals surface area contributed by atoms with Crippen LogP contribution < -0.4 is 5.32 Å². The molecule has 0 unspecified atom stereocenters. The van der Waals surface area contributed by atoms with Crippen LogP contribution in [0, 0.1) is 0 Å². The van der Waals surface area contributed by atoms with Gasteiger partial charge < -0.3 is 10.4 Å². The third-order valence-corrected chi connectivity index (χ3v) is 4.90. The Labute approximate surface area is 172 Å². The lowest BCUT2D eigenvalue weighted by Gasteiger charge is -2.36. The first-order valence-electron chi connectivity index (χ1n) is 9.01. The lowest BCUT2D eigenvalue weighted by atomic mass is 9.78. The molecule has 1 fully saturated rings. The molecule has 1 aliphatic heterocycles. The van der Waals surface area contributed by atoms with E-state index in [1.165, 1.54) is 5.56 Å². The summed E-state index contributed by atoms with van der Waals surface area (Å²) in [6, 6.07) is 4.41. The number of piperazine rings is 1. The number of aromatic hydroxyl groups is 1. The normalized spacial score (nSPS) is 17.0. The van der Waals surface area contributed by atoms with E-state index in [2.05, 4.69) is 70.5 Å². The van der Waals surface area contributed by atoms with Gasteiger partial charge in [0.2, 0.25) is 0 Å². The SMILES string of the molecule is C=C[C@H](c1cc(C(C)(C)C)cc(C(C)(C)C)c1O)N1CCNCC1.Cl.Cl. The molecule has 1 heterocycles. The highest BCUT2D eigenvalue weighted by Crippen LogP contribution is 2.41. The maximum Gasteiger partial charge on any atom is 0.124 e. The fourth-order valence-electron chi connectivity index (χ4n) is 3.32. The van der Waals surface area contributed by atoms with Crippen molar-refractivity contribution in [3.05, 3.63) is 41.5 Å². The summed E-state index contributed by atoms with van der Waals surface area (Å²) < 4.78 is 0. The Kier molecular flexibility index (Phi) is 9.19. The molecule has 2 rings (SSSR count). The monoisotopic (exact) mass is 402 g/mol. The number of rotatable bonds is 3. The Balaban J connectivity index is 0.00000312. The Morgan fingerprint density at radius 3 is 2.00 bits per heavy atom. The highest BCUT2D eigenvalue weighted by molar-refractivity contribution is 5.85. The molecule has 3 nitrogen and oxygen atoms in total. The molecule has 26 heavy (non-hydrogen) atoms. The maximum absolute atomic E-state index is 11.1. The second-order valence-electron chi connectivity index (χ2n) is 8.93. The lowest BCUT2D eigenvalue weighted by Crippen LogP contribution is -2.44. The van der Waals surface area contributed by atoms with Crippen molar-refractivity contribution in [1.29, 1.82) is 0 Å². The van der Waals surface area contributed by atoms with Crippen molar-refractivity contribution in [2.45, 2.75) is 58.4 Å². The third-order valence-electron chi connectivity index (χ3n) is 4.90. The molecular weight excluding hydrogens is 367 g/mol. The molecule has 0 aliphatic carbocycles. The van der Waals surface area contributed by atoms with Gasteiger partial charge in [-0.1, -0.05) is 53.7 Å². The second kappa shape index (κ2) is 9.45. The van der Waals surface area contributed by atoms with Gasteiger partial charge >= 0.3 is 0 Å². The molecule has 0 saturated carbocycles. The number of benzene rings is 1. The second-order valence-corrected chi connectivity index (χ2v) is 8.93. The summed E-state index contributed by atoms with van der Waals surface area (Å²) >= 11 is 0. The molecule has 2 N–H and O–H groups in total. The van der Waals surface area contributed by atoms with Crippen molar-refractivity contribution in [2.24, 2.45) is 0 Å². The van der Waals surface area contributed by atoms with Crippen LogP contribution in [0.15, 0.2) is 24.8 Å². The van der Waals surface area contributed by atoms with E-state index in [0.29, 0.717) is 5.75 Å². The van der Waals surface area contributed by atoms with Crippen LogP contribution in [-0.4, -0.2) is 36.2 Å². The topological polar surface area (TPSA) is 35.5 Å². The highest BCUT2D eigenvalue weighted by atomic mass is 35.5. The fraction of sp³-hybridized carbons (Fsp3) is 0.619. The summed E-state index contributed by atoms with van der Waals surface area (Å²) in [5, 5.41) is 14.4.